The van der Waals surface area contributed by atoms with Gasteiger partial charge in [-0.15, -0.1) is 11.3 Å². The van der Waals surface area contributed by atoms with Gasteiger partial charge in [0, 0.05) is 18.0 Å². The Morgan fingerprint density at radius 1 is 1.55 bits per heavy atom. The van der Waals surface area contributed by atoms with Crippen molar-refractivity contribution in [1.29, 1.82) is 0 Å². The van der Waals surface area contributed by atoms with Crippen LogP contribution in [0.5, 0.6) is 0 Å². The molecule has 7 heteroatoms. The van der Waals surface area contributed by atoms with Crippen LogP contribution in [0.25, 0.3) is 6.08 Å². The Morgan fingerprint density at radius 2 is 2.41 bits per heavy atom. The number of thiophene rings is 1. The summed E-state index contributed by atoms with van der Waals surface area (Å²) in [6.45, 7) is 2.44. The zero-order valence-electron chi connectivity index (χ0n) is 12.2. The van der Waals surface area contributed by atoms with Crippen LogP contribution in [0.4, 0.5) is 0 Å². The Morgan fingerprint density at radius 3 is 3.14 bits per heavy atom. The number of nitrogens with one attached hydrogen (secondary N) is 1. The number of aliphatic hydroxyl groups is 1. The first-order valence-corrected chi connectivity index (χ1v) is 8.67. The van der Waals surface area contributed by atoms with E-state index >= 15 is 0 Å². The number of hydrogen-bond acceptors (Lipinski definition) is 5. The van der Waals surface area contributed by atoms with Crippen molar-refractivity contribution >= 4 is 40.7 Å². The zero-order chi connectivity index (χ0) is 15.5. The van der Waals surface area contributed by atoms with Gasteiger partial charge in [-0.1, -0.05) is 6.07 Å². The molecule has 118 valence electrons. The fourth-order valence-corrected chi connectivity index (χ4v) is 3.75. The van der Waals surface area contributed by atoms with E-state index in [2.05, 4.69) is 10.2 Å². The minimum Gasteiger partial charge on any atom is -0.396 e. The van der Waals surface area contributed by atoms with Crippen LogP contribution in [-0.2, 0) is 4.79 Å². The molecule has 5 nitrogen and oxygen atoms in total. The van der Waals surface area contributed by atoms with Gasteiger partial charge < -0.3 is 10.4 Å². The number of likely N-dealkylation sites (tertiary alicyclic amines) is 1. The smallest absolute Gasteiger partial charge is 0.277 e. The van der Waals surface area contributed by atoms with Crippen LogP contribution in [0.15, 0.2) is 23.2 Å². The maximum Gasteiger partial charge on any atom is 0.277 e. The number of aliphatic hydroxyl groups excluding tert-OH is 1. The van der Waals surface area contributed by atoms with E-state index < -0.39 is 0 Å². The molecule has 1 unspecified atom stereocenters. The number of hydrogen-bond donors (Lipinski definition) is 2. The Balaban J connectivity index is 1.67. The third kappa shape index (κ3) is 3.38. The number of carbonyl (C=O) groups is 1. The standard InChI is InChI=1S/C15H19N3O2S2/c19-9-11-3-1-5-17(8-11)10-18-14(20)13(16-15(18)21)7-12-4-2-6-22-12/h2,4,6-7,11,19H,1,3,5,8-10H2,(H,16,21). The predicted molar refractivity (Wildman–Crippen MR) is 91.1 cm³/mol. The third-order valence-electron chi connectivity index (χ3n) is 3.99. The molecule has 0 bridgehead atoms. The SMILES string of the molecule is O=C1C(=Cc2cccs2)NC(=S)N1CN1CCCC(CO)C1. The molecule has 1 aromatic heterocycles. The Bertz CT molecular complexity index is 586. The summed E-state index contributed by atoms with van der Waals surface area (Å²) in [5.41, 5.74) is 0.531. The second kappa shape index (κ2) is 6.87. The second-order valence-corrected chi connectivity index (χ2v) is 7.01. The van der Waals surface area contributed by atoms with Gasteiger partial charge in [0.1, 0.15) is 5.70 Å². The zero-order valence-corrected chi connectivity index (χ0v) is 13.8. The number of amides is 1. The molecule has 0 aromatic carbocycles. The first-order chi connectivity index (χ1) is 10.7. The van der Waals surface area contributed by atoms with Gasteiger partial charge in [-0.3, -0.25) is 14.6 Å². The van der Waals surface area contributed by atoms with Crippen LogP contribution >= 0.6 is 23.6 Å². The van der Waals surface area contributed by atoms with Gasteiger partial charge in [-0.25, -0.2) is 0 Å². The van der Waals surface area contributed by atoms with Gasteiger partial charge in [0.2, 0.25) is 0 Å². The Hall–Kier alpha value is -1.28. The van der Waals surface area contributed by atoms with Gasteiger partial charge in [0.25, 0.3) is 5.91 Å². The molecule has 1 aromatic rings. The molecular weight excluding hydrogens is 318 g/mol. The van der Waals surface area contributed by atoms with Gasteiger partial charge in [0.05, 0.1) is 6.67 Å². The fourth-order valence-electron chi connectivity index (χ4n) is 2.84. The minimum absolute atomic E-state index is 0.0791. The third-order valence-corrected chi connectivity index (χ3v) is 5.14. The molecule has 2 fully saturated rings. The topological polar surface area (TPSA) is 55.8 Å². The van der Waals surface area contributed by atoms with Crippen LogP contribution in [-0.4, -0.2) is 52.3 Å². The Kier molecular flexibility index (Phi) is 4.87. The highest BCUT2D eigenvalue weighted by Gasteiger charge is 2.33. The van der Waals surface area contributed by atoms with Crippen molar-refractivity contribution in [2.24, 2.45) is 5.92 Å². The summed E-state index contributed by atoms with van der Waals surface area (Å²) in [6.07, 6.45) is 3.94. The molecule has 0 spiro atoms. The molecule has 2 aliphatic heterocycles. The summed E-state index contributed by atoms with van der Waals surface area (Å²) in [6, 6.07) is 3.92. The Labute approximate surface area is 139 Å². The fraction of sp³-hybridized carbons (Fsp3) is 0.467. The van der Waals surface area contributed by atoms with E-state index in [1.165, 1.54) is 0 Å². The molecule has 2 aliphatic rings. The average molecular weight is 337 g/mol. The molecule has 1 atom stereocenters. The molecule has 0 aliphatic carbocycles. The van der Waals surface area contributed by atoms with E-state index in [0.29, 0.717) is 23.4 Å². The van der Waals surface area contributed by atoms with Crippen LogP contribution in [0.1, 0.15) is 17.7 Å². The van der Waals surface area contributed by atoms with Crippen LogP contribution in [0.3, 0.4) is 0 Å². The van der Waals surface area contributed by atoms with Crippen LogP contribution in [0, 0.1) is 5.92 Å². The molecule has 2 saturated heterocycles. The minimum atomic E-state index is -0.0791. The van der Waals surface area contributed by atoms with E-state index in [1.807, 2.05) is 23.6 Å². The van der Waals surface area contributed by atoms with E-state index in [0.717, 1.165) is 30.8 Å². The molecule has 3 heterocycles. The van der Waals surface area contributed by atoms with E-state index in [4.69, 9.17) is 12.2 Å². The van der Waals surface area contributed by atoms with Crippen molar-refractivity contribution in [3.8, 4) is 0 Å². The van der Waals surface area contributed by atoms with Crippen LogP contribution in [0.2, 0.25) is 0 Å². The number of thiocarbonyl (C=S) groups is 1. The summed E-state index contributed by atoms with van der Waals surface area (Å²) in [5, 5.41) is 14.7. The van der Waals surface area contributed by atoms with Gasteiger partial charge in [0.15, 0.2) is 5.11 Å². The first kappa shape index (κ1) is 15.6. The second-order valence-electron chi connectivity index (χ2n) is 5.65. The maximum atomic E-state index is 12.5. The van der Waals surface area contributed by atoms with E-state index in [1.54, 1.807) is 16.2 Å². The van der Waals surface area contributed by atoms with E-state index in [9.17, 15) is 9.90 Å². The summed E-state index contributed by atoms with van der Waals surface area (Å²) in [7, 11) is 0. The lowest BCUT2D eigenvalue weighted by Gasteiger charge is -2.33. The summed E-state index contributed by atoms with van der Waals surface area (Å²) in [5.74, 6) is 0.221. The molecule has 22 heavy (non-hydrogen) atoms. The van der Waals surface area contributed by atoms with Crippen molar-refractivity contribution in [2.45, 2.75) is 12.8 Å². The van der Waals surface area contributed by atoms with Gasteiger partial charge >= 0.3 is 0 Å². The highest BCUT2D eigenvalue weighted by molar-refractivity contribution is 7.80. The highest BCUT2D eigenvalue weighted by atomic mass is 32.1. The van der Waals surface area contributed by atoms with Crippen molar-refractivity contribution in [3.05, 3.63) is 28.1 Å². The van der Waals surface area contributed by atoms with Crippen molar-refractivity contribution in [3.63, 3.8) is 0 Å². The monoisotopic (exact) mass is 337 g/mol. The molecule has 3 rings (SSSR count). The van der Waals surface area contributed by atoms with Gasteiger partial charge in [-0.2, -0.15) is 0 Å². The quantitative estimate of drug-likeness (QED) is 0.644. The lowest BCUT2D eigenvalue weighted by molar-refractivity contribution is -0.124. The number of piperidine rings is 1. The average Bonchev–Trinajstić information content (AvgIpc) is 3.12. The normalized spacial score (nSPS) is 25.0. The lowest BCUT2D eigenvalue weighted by Crippen LogP contribution is -2.46. The molecule has 0 radical (unpaired) electrons. The number of nitrogens with zero attached hydrogens (tertiary/aromatic N) is 2. The largest absolute Gasteiger partial charge is 0.396 e. The maximum absolute atomic E-state index is 12.5. The van der Waals surface area contributed by atoms with Crippen LogP contribution < -0.4 is 5.32 Å². The highest BCUT2D eigenvalue weighted by Crippen LogP contribution is 2.20. The number of carbonyl (C=O) groups excluding carboxylic acids is 1. The summed E-state index contributed by atoms with van der Waals surface area (Å²) in [4.78, 5) is 17.3. The summed E-state index contributed by atoms with van der Waals surface area (Å²) >= 11 is 6.88. The molecule has 1 amide bonds. The molecule has 2 N–H and O–H groups in total. The van der Waals surface area contributed by atoms with Gasteiger partial charge in [-0.05, 0) is 55.0 Å². The van der Waals surface area contributed by atoms with Crippen molar-refractivity contribution in [1.82, 2.24) is 15.1 Å². The lowest BCUT2D eigenvalue weighted by atomic mass is 9.99. The molecular formula is C15H19N3O2S2. The van der Waals surface area contributed by atoms with E-state index in [-0.39, 0.29) is 12.5 Å². The number of rotatable bonds is 4. The molecule has 0 saturated carbocycles. The first-order valence-electron chi connectivity index (χ1n) is 7.38. The van der Waals surface area contributed by atoms with Crippen molar-refractivity contribution < 1.29 is 9.90 Å². The predicted octanol–water partition coefficient (Wildman–Crippen LogP) is 1.47. The summed E-state index contributed by atoms with van der Waals surface area (Å²) < 4.78 is 0. The van der Waals surface area contributed by atoms with Crippen molar-refractivity contribution in [2.75, 3.05) is 26.4 Å².